The quantitative estimate of drug-likeness (QED) is 0.779. The Kier molecular flexibility index (Phi) is 4.85. The molecule has 6 heteroatoms. The molecule has 1 saturated carbocycles. The number of nitrogens with one attached hydrogen (secondary N) is 1. The topological polar surface area (TPSA) is 47.6 Å². The Labute approximate surface area is 103 Å². The van der Waals surface area contributed by atoms with E-state index >= 15 is 0 Å². The Balaban J connectivity index is 0.00000128. The number of rotatable bonds is 5. The van der Waals surface area contributed by atoms with Gasteiger partial charge in [-0.25, -0.2) is 0 Å². The molecule has 1 atom stereocenters. The summed E-state index contributed by atoms with van der Waals surface area (Å²) < 4.78 is 23.4. The second kappa shape index (κ2) is 5.36. The van der Waals surface area contributed by atoms with Crippen LogP contribution in [0.4, 0.5) is 0 Å². The van der Waals surface area contributed by atoms with Gasteiger partial charge in [-0.2, -0.15) is 0 Å². The molecule has 1 aliphatic carbocycles. The van der Waals surface area contributed by atoms with Crippen LogP contribution in [0.15, 0.2) is 0 Å². The summed E-state index contributed by atoms with van der Waals surface area (Å²) in [6.07, 6.45) is 2.32. The molecule has 1 saturated heterocycles. The third-order valence-corrected chi connectivity index (χ3v) is 6.14. The van der Waals surface area contributed by atoms with Crippen molar-refractivity contribution < 1.29 is 13.6 Å². The summed E-state index contributed by atoms with van der Waals surface area (Å²) >= 11 is 0. The standard InChI is InChI=1S/C10H20NO3P.ClH/c1-3-13-15(12,14-4-2)9-7-11-8-10(9)5-6-10;/h9,11H,3-8H2,1-2H3;1H. The zero-order valence-electron chi connectivity index (χ0n) is 9.90. The van der Waals surface area contributed by atoms with E-state index in [0.717, 1.165) is 25.9 Å². The van der Waals surface area contributed by atoms with E-state index in [-0.39, 0.29) is 23.5 Å². The molecule has 0 amide bonds. The highest BCUT2D eigenvalue weighted by atomic mass is 35.5. The van der Waals surface area contributed by atoms with E-state index in [1.54, 1.807) is 0 Å². The highest BCUT2D eigenvalue weighted by molar-refractivity contribution is 7.54. The van der Waals surface area contributed by atoms with Crippen LogP contribution in [0, 0.1) is 5.41 Å². The van der Waals surface area contributed by atoms with Crippen molar-refractivity contribution in [1.29, 1.82) is 0 Å². The molecule has 0 aromatic rings. The molecule has 1 unspecified atom stereocenters. The number of hydrogen-bond donors (Lipinski definition) is 1. The van der Waals surface area contributed by atoms with Crippen LogP contribution < -0.4 is 5.32 Å². The molecular weight excluding hydrogens is 249 g/mol. The summed E-state index contributed by atoms with van der Waals surface area (Å²) in [5, 5.41) is 3.32. The zero-order chi connectivity index (χ0) is 10.9. The van der Waals surface area contributed by atoms with Gasteiger partial charge in [0, 0.05) is 13.1 Å². The van der Waals surface area contributed by atoms with Gasteiger partial charge in [-0.3, -0.25) is 4.57 Å². The van der Waals surface area contributed by atoms with Crippen LogP contribution in [-0.4, -0.2) is 32.0 Å². The van der Waals surface area contributed by atoms with Crippen LogP contribution in [0.3, 0.4) is 0 Å². The summed E-state index contributed by atoms with van der Waals surface area (Å²) in [7, 11) is -2.89. The van der Waals surface area contributed by atoms with E-state index in [9.17, 15) is 4.57 Å². The SMILES string of the molecule is CCOP(=O)(OCC)C1CNCC12CC2.Cl. The molecule has 2 aliphatic rings. The van der Waals surface area contributed by atoms with E-state index in [1.807, 2.05) is 13.8 Å². The van der Waals surface area contributed by atoms with Gasteiger partial charge in [0.15, 0.2) is 0 Å². The van der Waals surface area contributed by atoms with Crippen molar-refractivity contribution in [1.82, 2.24) is 5.32 Å². The molecule has 96 valence electrons. The Morgan fingerprint density at radius 2 is 1.88 bits per heavy atom. The van der Waals surface area contributed by atoms with Gasteiger partial charge in [-0.15, -0.1) is 12.4 Å². The maximum Gasteiger partial charge on any atom is 0.335 e. The van der Waals surface area contributed by atoms with Gasteiger partial charge in [0.05, 0.1) is 18.9 Å². The van der Waals surface area contributed by atoms with E-state index in [2.05, 4.69) is 5.32 Å². The lowest BCUT2D eigenvalue weighted by molar-refractivity contribution is 0.207. The average Bonchev–Trinajstić information content (AvgIpc) is 2.77. The molecule has 0 bridgehead atoms. The smallest absolute Gasteiger partial charge is 0.315 e. The Morgan fingerprint density at radius 1 is 1.31 bits per heavy atom. The fourth-order valence-electron chi connectivity index (χ4n) is 2.49. The first-order valence-electron chi connectivity index (χ1n) is 5.76. The highest BCUT2D eigenvalue weighted by Crippen LogP contribution is 2.67. The second-order valence-electron chi connectivity index (χ2n) is 4.38. The molecule has 1 spiro atoms. The van der Waals surface area contributed by atoms with E-state index in [4.69, 9.17) is 9.05 Å². The average molecular weight is 270 g/mol. The highest BCUT2D eigenvalue weighted by Gasteiger charge is 2.60. The van der Waals surface area contributed by atoms with Crippen molar-refractivity contribution in [2.45, 2.75) is 32.3 Å². The van der Waals surface area contributed by atoms with Crippen LogP contribution in [-0.2, 0) is 13.6 Å². The van der Waals surface area contributed by atoms with Crippen LogP contribution in [0.1, 0.15) is 26.7 Å². The summed E-state index contributed by atoms with van der Waals surface area (Å²) in [6.45, 7) is 6.41. The molecule has 1 heterocycles. The lowest BCUT2D eigenvalue weighted by Gasteiger charge is -2.26. The maximum atomic E-state index is 12.6. The molecule has 1 aliphatic heterocycles. The van der Waals surface area contributed by atoms with Gasteiger partial charge in [-0.1, -0.05) is 0 Å². The fourth-order valence-corrected chi connectivity index (χ4v) is 5.01. The molecule has 4 nitrogen and oxygen atoms in total. The van der Waals surface area contributed by atoms with Crippen molar-refractivity contribution in [3.05, 3.63) is 0 Å². The molecular formula is C10H21ClNO3P. The lowest BCUT2D eigenvalue weighted by atomic mass is 10.1. The summed E-state index contributed by atoms with van der Waals surface area (Å²) in [5.41, 5.74) is 0.296. The van der Waals surface area contributed by atoms with Crippen molar-refractivity contribution in [2.75, 3.05) is 26.3 Å². The Hall–Kier alpha value is 0.400. The van der Waals surface area contributed by atoms with E-state index in [0.29, 0.717) is 13.2 Å². The van der Waals surface area contributed by atoms with Crippen LogP contribution >= 0.6 is 20.0 Å². The Bertz CT molecular complexity index is 273. The summed E-state index contributed by atoms with van der Waals surface area (Å²) in [6, 6.07) is 0. The number of halogens is 1. The van der Waals surface area contributed by atoms with E-state index in [1.165, 1.54) is 0 Å². The minimum absolute atomic E-state index is 0. The molecule has 0 aromatic carbocycles. The van der Waals surface area contributed by atoms with Crippen molar-refractivity contribution in [3.8, 4) is 0 Å². The van der Waals surface area contributed by atoms with Crippen molar-refractivity contribution in [3.63, 3.8) is 0 Å². The third kappa shape index (κ3) is 2.46. The lowest BCUT2D eigenvalue weighted by Crippen LogP contribution is -2.23. The van der Waals surface area contributed by atoms with Gasteiger partial charge < -0.3 is 14.4 Å². The monoisotopic (exact) mass is 269 g/mol. The predicted molar refractivity (Wildman–Crippen MR) is 66.4 cm³/mol. The van der Waals surface area contributed by atoms with Gasteiger partial charge in [0.2, 0.25) is 0 Å². The van der Waals surface area contributed by atoms with Crippen LogP contribution in [0.25, 0.3) is 0 Å². The molecule has 2 fully saturated rings. The fraction of sp³-hybridized carbons (Fsp3) is 1.00. The number of hydrogen-bond acceptors (Lipinski definition) is 4. The van der Waals surface area contributed by atoms with Crippen molar-refractivity contribution in [2.24, 2.45) is 5.41 Å². The largest absolute Gasteiger partial charge is 0.335 e. The minimum Gasteiger partial charge on any atom is -0.315 e. The summed E-state index contributed by atoms with van der Waals surface area (Å²) in [4.78, 5) is 0. The first kappa shape index (κ1) is 14.5. The van der Waals surface area contributed by atoms with Crippen LogP contribution in [0.2, 0.25) is 0 Å². The third-order valence-electron chi connectivity index (χ3n) is 3.41. The van der Waals surface area contributed by atoms with Gasteiger partial charge in [0.25, 0.3) is 0 Å². The maximum absolute atomic E-state index is 12.6. The zero-order valence-corrected chi connectivity index (χ0v) is 11.6. The van der Waals surface area contributed by atoms with Gasteiger partial charge in [0.1, 0.15) is 0 Å². The molecule has 1 N–H and O–H groups in total. The minimum atomic E-state index is -2.89. The second-order valence-corrected chi connectivity index (χ2v) is 6.60. The van der Waals surface area contributed by atoms with E-state index < -0.39 is 7.60 Å². The molecule has 2 rings (SSSR count). The first-order chi connectivity index (χ1) is 7.17. The van der Waals surface area contributed by atoms with Crippen LogP contribution in [0.5, 0.6) is 0 Å². The van der Waals surface area contributed by atoms with Gasteiger partial charge >= 0.3 is 7.60 Å². The molecule has 0 aromatic heterocycles. The molecule has 0 radical (unpaired) electrons. The first-order valence-corrected chi connectivity index (χ1v) is 7.37. The van der Waals surface area contributed by atoms with Gasteiger partial charge in [-0.05, 0) is 32.1 Å². The Morgan fingerprint density at radius 3 is 2.31 bits per heavy atom. The molecule has 16 heavy (non-hydrogen) atoms. The van der Waals surface area contributed by atoms with Crippen molar-refractivity contribution >= 4 is 20.0 Å². The predicted octanol–water partition coefficient (Wildman–Crippen LogP) is 2.43. The summed E-state index contributed by atoms with van der Waals surface area (Å²) in [5.74, 6) is 0. The normalized spacial score (nSPS) is 26.8.